The van der Waals surface area contributed by atoms with Gasteiger partial charge in [0.1, 0.15) is 0 Å². The highest BCUT2D eigenvalue weighted by molar-refractivity contribution is 6.25. The van der Waals surface area contributed by atoms with Crippen molar-refractivity contribution in [3.63, 3.8) is 0 Å². The van der Waals surface area contributed by atoms with Gasteiger partial charge in [-0.15, -0.1) is 0 Å². The van der Waals surface area contributed by atoms with Crippen molar-refractivity contribution >= 4 is 11.6 Å². The van der Waals surface area contributed by atoms with E-state index in [0.717, 1.165) is 5.70 Å². The molecule has 0 heterocycles. The Morgan fingerprint density at radius 1 is 1.33 bits per heavy atom. The van der Waals surface area contributed by atoms with E-state index < -0.39 is 0 Å². The van der Waals surface area contributed by atoms with Gasteiger partial charge in [-0.25, -0.2) is 0 Å². The molecule has 0 aliphatic carbocycles. The zero-order valence-corrected chi connectivity index (χ0v) is 8.25. The molecule has 0 aliphatic heterocycles. The Hall–Kier alpha value is -0.950. The van der Waals surface area contributed by atoms with E-state index in [-0.39, 0.29) is 0 Å². The van der Waals surface area contributed by atoms with Gasteiger partial charge in [0.25, 0.3) is 0 Å². The molecule has 0 saturated carbocycles. The van der Waals surface area contributed by atoms with Crippen LogP contribution >= 0.6 is 11.6 Å². The fourth-order valence-corrected chi connectivity index (χ4v) is 0.728. The number of hydrogen-bond donors (Lipinski definition) is 0. The molecule has 0 rings (SSSR count). The van der Waals surface area contributed by atoms with Crippen molar-refractivity contribution in [2.45, 2.75) is 0 Å². The van der Waals surface area contributed by atoms with Crippen LogP contribution in [0.15, 0.2) is 48.2 Å². The summed E-state index contributed by atoms with van der Waals surface area (Å²) >= 11 is 5.40. The van der Waals surface area contributed by atoms with Crippen LogP contribution in [0.3, 0.4) is 0 Å². The van der Waals surface area contributed by atoms with Crippen LogP contribution in [0.2, 0.25) is 0 Å². The fourth-order valence-electron chi connectivity index (χ4n) is 0.655. The number of allylic oxidation sites excluding steroid dienone is 5. The number of likely N-dealkylation sites (N-methyl/N-ethyl adjacent to an activating group) is 1. The van der Waals surface area contributed by atoms with Gasteiger partial charge in [-0.2, -0.15) is 0 Å². The lowest BCUT2D eigenvalue weighted by Gasteiger charge is -2.12. The molecule has 2 heteroatoms. The maximum atomic E-state index is 5.40. The average Bonchev–Trinajstić information content (AvgIpc) is 2.04. The van der Waals surface area contributed by atoms with Crippen LogP contribution in [0.25, 0.3) is 0 Å². The molecule has 0 aromatic carbocycles. The third-order valence-electron chi connectivity index (χ3n) is 1.26. The van der Waals surface area contributed by atoms with E-state index in [9.17, 15) is 0 Å². The van der Waals surface area contributed by atoms with Crippen LogP contribution in [-0.4, -0.2) is 19.0 Å². The third kappa shape index (κ3) is 4.80. The van der Waals surface area contributed by atoms with Crippen molar-refractivity contribution in [2.75, 3.05) is 14.1 Å². The standard InChI is InChI=1S/C10H14ClN/c1-4-5-7-10(12(2)3)8-6-9-11/h4-9H,1H2,2-3H3. The predicted octanol–water partition coefficient (Wildman–Crippen LogP) is 2.93. The monoisotopic (exact) mass is 183 g/mol. The lowest BCUT2D eigenvalue weighted by Crippen LogP contribution is -2.08. The molecule has 1 nitrogen and oxygen atoms in total. The third-order valence-corrected chi connectivity index (χ3v) is 1.40. The Morgan fingerprint density at radius 2 is 2.00 bits per heavy atom. The molecule has 12 heavy (non-hydrogen) atoms. The minimum atomic E-state index is 1.08. The summed E-state index contributed by atoms with van der Waals surface area (Å²) in [6.45, 7) is 3.60. The molecule has 0 saturated heterocycles. The average molecular weight is 184 g/mol. The Bertz CT molecular complexity index is 212. The summed E-state index contributed by atoms with van der Waals surface area (Å²) in [6.07, 6.45) is 9.29. The quantitative estimate of drug-likeness (QED) is 0.606. The van der Waals surface area contributed by atoms with Crippen molar-refractivity contribution in [3.05, 3.63) is 48.2 Å². The Balaban J connectivity index is 4.42. The number of rotatable bonds is 4. The van der Waals surface area contributed by atoms with Crippen LogP contribution in [0.5, 0.6) is 0 Å². The summed E-state index contributed by atoms with van der Waals surface area (Å²) in [5.74, 6) is 0. The van der Waals surface area contributed by atoms with E-state index in [1.165, 1.54) is 5.54 Å². The summed E-state index contributed by atoms with van der Waals surface area (Å²) < 4.78 is 0. The number of nitrogens with zero attached hydrogens (tertiary/aromatic N) is 1. The van der Waals surface area contributed by atoms with Crippen LogP contribution in [0.4, 0.5) is 0 Å². The SMILES string of the molecule is C=CC=CC(=CC=CCl)N(C)C. The summed E-state index contributed by atoms with van der Waals surface area (Å²) in [5, 5.41) is 0. The maximum absolute atomic E-state index is 5.40. The fraction of sp³-hybridized carbons (Fsp3) is 0.200. The van der Waals surface area contributed by atoms with Crippen molar-refractivity contribution in [2.24, 2.45) is 0 Å². The van der Waals surface area contributed by atoms with Crippen molar-refractivity contribution < 1.29 is 0 Å². The summed E-state index contributed by atoms with van der Waals surface area (Å²) in [4.78, 5) is 2.00. The van der Waals surface area contributed by atoms with E-state index in [2.05, 4.69) is 6.58 Å². The van der Waals surface area contributed by atoms with Gasteiger partial charge in [0.05, 0.1) is 0 Å². The van der Waals surface area contributed by atoms with Crippen molar-refractivity contribution in [1.82, 2.24) is 4.90 Å². The Labute approximate surface area is 79.3 Å². The topological polar surface area (TPSA) is 3.24 Å². The first kappa shape index (κ1) is 11.1. The molecule has 0 amide bonds. The van der Waals surface area contributed by atoms with Gasteiger partial charge in [-0.1, -0.05) is 30.3 Å². The smallest absolute Gasteiger partial charge is 0.0361 e. The Morgan fingerprint density at radius 3 is 2.42 bits per heavy atom. The molecular weight excluding hydrogens is 170 g/mol. The van der Waals surface area contributed by atoms with Crippen molar-refractivity contribution in [1.29, 1.82) is 0 Å². The second kappa shape index (κ2) is 6.74. The zero-order chi connectivity index (χ0) is 9.40. The number of hydrogen-bond acceptors (Lipinski definition) is 1. The first-order valence-electron chi connectivity index (χ1n) is 3.66. The molecule has 0 unspecified atom stereocenters. The molecule has 0 aromatic rings. The molecule has 0 aromatic heterocycles. The van der Waals surface area contributed by atoms with Crippen LogP contribution in [0.1, 0.15) is 0 Å². The minimum absolute atomic E-state index is 1.08. The first-order chi connectivity index (χ1) is 5.72. The van der Waals surface area contributed by atoms with Gasteiger partial charge in [-0.3, -0.25) is 0 Å². The second-order valence-corrected chi connectivity index (χ2v) is 2.65. The highest BCUT2D eigenvalue weighted by Gasteiger charge is 1.90. The predicted molar refractivity (Wildman–Crippen MR) is 56.1 cm³/mol. The lowest BCUT2D eigenvalue weighted by atomic mass is 10.3. The highest BCUT2D eigenvalue weighted by atomic mass is 35.5. The molecule has 0 bridgehead atoms. The molecule has 66 valence electrons. The summed E-state index contributed by atoms with van der Waals surface area (Å²) in [7, 11) is 3.95. The molecule has 0 N–H and O–H groups in total. The van der Waals surface area contributed by atoms with Gasteiger partial charge in [0.15, 0.2) is 0 Å². The van der Waals surface area contributed by atoms with E-state index in [0.29, 0.717) is 0 Å². The first-order valence-corrected chi connectivity index (χ1v) is 4.09. The number of halogens is 1. The molecule has 0 atom stereocenters. The largest absolute Gasteiger partial charge is 0.378 e. The van der Waals surface area contributed by atoms with E-state index in [1.54, 1.807) is 12.2 Å². The second-order valence-electron chi connectivity index (χ2n) is 2.40. The summed E-state index contributed by atoms with van der Waals surface area (Å²) in [6, 6.07) is 0. The van der Waals surface area contributed by atoms with E-state index in [1.807, 2.05) is 37.2 Å². The highest BCUT2D eigenvalue weighted by Crippen LogP contribution is 2.01. The van der Waals surface area contributed by atoms with Crippen molar-refractivity contribution in [3.8, 4) is 0 Å². The maximum Gasteiger partial charge on any atom is 0.0361 e. The Kier molecular flexibility index (Phi) is 6.21. The summed E-state index contributed by atoms with van der Waals surface area (Å²) in [5.41, 5.74) is 2.55. The molecule has 0 fully saturated rings. The van der Waals surface area contributed by atoms with E-state index >= 15 is 0 Å². The van der Waals surface area contributed by atoms with Gasteiger partial charge < -0.3 is 4.90 Å². The molecular formula is C10H14ClN. The normalized spacial score (nSPS) is 12.8. The van der Waals surface area contributed by atoms with Crippen LogP contribution < -0.4 is 0 Å². The molecule has 0 radical (unpaired) electrons. The van der Waals surface area contributed by atoms with Gasteiger partial charge in [-0.05, 0) is 18.2 Å². The minimum Gasteiger partial charge on any atom is -0.378 e. The van der Waals surface area contributed by atoms with E-state index in [4.69, 9.17) is 11.6 Å². The van der Waals surface area contributed by atoms with Gasteiger partial charge in [0, 0.05) is 25.3 Å². The van der Waals surface area contributed by atoms with Gasteiger partial charge in [0.2, 0.25) is 0 Å². The van der Waals surface area contributed by atoms with Crippen LogP contribution in [-0.2, 0) is 0 Å². The molecule has 0 aliphatic rings. The van der Waals surface area contributed by atoms with Crippen LogP contribution in [0, 0.1) is 0 Å². The zero-order valence-electron chi connectivity index (χ0n) is 7.50. The molecule has 0 spiro atoms. The lowest BCUT2D eigenvalue weighted by molar-refractivity contribution is 0.530. The van der Waals surface area contributed by atoms with Gasteiger partial charge >= 0.3 is 0 Å².